The maximum absolute atomic E-state index is 13.2. The minimum Gasteiger partial charge on any atom is -0.375 e. The summed E-state index contributed by atoms with van der Waals surface area (Å²) in [5.74, 6) is 0.964. The fourth-order valence-electron chi connectivity index (χ4n) is 4.65. The van der Waals surface area contributed by atoms with E-state index in [-0.39, 0.29) is 5.83 Å². The Kier molecular flexibility index (Phi) is 11.4. The highest BCUT2D eigenvalue weighted by atomic mass is 19.1. The Morgan fingerprint density at radius 3 is 2.49 bits per heavy atom. The number of piperidine rings is 1. The largest absolute Gasteiger partial charge is 0.375 e. The summed E-state index contributed by atoms with van der Waals surface area (Å²) in [6, 6.07) is 6.63. The van der Waals surface area contributed by atoms with Crippen LogP contribution in [0.25, 0.3) is 6.08 Å². The quantitative estimate of drug-likeness (QED) is 0.406. The van der Waals surface area contributed by atoms with Crippen LogP contribution in [0.15, 0.2) is 45.8 Å². The van der Waals surface area contributed by atoms with Crippen molar-refractivity contribution in [3.05, 3.63) is 70.0 Å². The average molecular weight is 482 g/mol. The van der Waals surface area contributed by atoms with E-state index in [0.717, 1.165) is 61.4 Å². The number of aryl methyl sites for hydroxylation is 2. The van der Waals surface area contributed by atoms with Crippen molar-refractivity contribution in [3.8, 4) is 0 Å². The Bertz CT molecular complexity index is 1030. The summed E-state index contributed by atoms with van der Waals surface area (Å²) in [5, 5.41) is 4.20. The second-order valence-electron chi connectivity index (χ2n) is 9.22. The van der Waals surface area contributed by atoms with E-state index in [1.807, 2.05) is 27.8 Å². The van der Waals surface area contributed by atoms with Crippen molar-refractivity contribution in [2.24, 2.45) is 4.99 Å². The molecule has 5 heteroatoms. The monoisotopic (exact) mass is 481 g/mol. The molecule has 4 rings (SSSR count). The van der Waals surface area contributed by atoms with Crippen LogP contribution in [0.2, 0.25) is 0 Å². The van der Waals surface area contributed by atoms with Crippen LogP contribution >= 0.6 is 0 Å². The van der Waals surface area contributed by atoms with Gasteiger partial charge in [0, 0.05) is 55.5 Å². The zero-order valence-electron chi connectivity index (χ0n) is 22.9. The molecule has 1 saturated heterocycles. The van der Waals surface area contributed by atoms with Gasteiger partial charge in [0.1, 0.15) is 5.83 Å². The number of aromatic nitrogens is 1. The van der Waals surface area contributed by atoms with Crippen LogP contribution in [0.3, 0.4) is 0 Å². The molecule has 2 heterocycles. The van der Waals surface area contributed by atoms with E-state index in [2.05, 4.69) is 60.6 Å². The second kappa shape index (κ2) is 14.0. The van der Waals surface area contributed by atoms with Gasteiger partial charge in [-0.05, 0) is 63.6 Å². The SMILES string of the molecule is C=C(C)N1CCC(c2noc3c2CCC(F)=C3)CC1.CC.CCCc1ccc(C)cc1C(C)=NC. The van der Waals surface area contributed by atoms with Crippen LogP contribution in [0, 0.1) is 6.92 Å². The summed E-state index contributed by atoms with van der Waals surface area (Å²) in [7, 11) is 1.85. The molecule has 0 saturated carbocycles. The van der Waals surface area contributed by atoms with E-state index in [1.165, 1.54) is 29.2 Å². The third kappa shape index (κ3) is 7.65. The van der Waals surface area contributed by atoms with Crippen molar-refractivity contribution in [2.45, 2.75) is 86.0 Å². The molecule has 0 atom stereocenters. The summed E-state index contributed by atoms with van der Waals surface area (Å²) in [6.45, 7) is 18.5. The topological polar surface area (TPSA) is 41.6 Å². The summed E-state index contributed by atoms with van der Waals surface area (Å²) in [4.78, 5) is 6.57. The lowest BCUT2D eigenvalue weighted by Crippen LogP contribution is -2.31. The zero-order valence-corrected chi connectivity index (χ0v) is 22.9. The molecule has 1 aromatic heterocycles. The molecule has 0 radical (unpaired) electrons. The van der Waals surface area contributed by atoms with Gasteiger partial charge in [-0.15, -0.1) is 0 Å². The molecular formula is C30H44FN3O. The molecule has 0 N–H and O–H groups in total. The standard InChI is InChI=1S/C15H19FN2O.C13H19N.C2H6/c1-10(2)18-7-5-11(6-8-18)15-13-4-3-12(16)9-14(13)19-17-15;1-5-6-12-8-7-10(2)9-13(12)11(3)14-4;1-2/h9,11H,1,3-8H2,2H3;7-9H,5-6H2,1-4H3;1-2H3. The number of rotatable bonds is 5. The van der Waals surface area contributed by atoms with E-state index < -0.39 is 0 Å². The molecule has 1 aliphatic heterocycles. The maximum Gasteiger partial charge on any atom is 0.165 e. The molecule has 0 unspecified atom stereocenters. The van der Waals surface area contributed by atoms with E-state index in [9.17, 15) is 4.39 Å². The van der Waals surface area contributed by atoms with E-state index in [0.29, 0.717) is 18.1 Å². The van der Waals surface area contributed by atoms with Gasteiger partial charge in [0.2, 0.25) is 0 Å². The first-order chi connectivity index (χ1) is 16.8. The van der Waals surface area contributed by atoms with Crippen molar-refractivity contribution >= 4 is 11.8 Å². The molecule has 0 amide bonds. The van der Waals surface area contributed by atoms with Crippen LogP contribution in [0.5, 0.6) is 0 Å². The maximum atomic E-state index is 13.2. The Morgan fingerprint density at radius 1 is 1.20 bits per heavy atom. The first-order valence-electron chi connectivity index (χ1n) is 13.1. The summed E-state index contributed by atoms with van der Waals surface area (Å²) in [5.41, 5.74) is 8.48. The highest BCUT2D eigenvalue weighted by Gasteiger charge is 2.28. The Hall–Kier alpha value is -2.69. The van der Waals surface area contributed by atoms with Gasteiger partial charge in [-0.1, -0.05) is 56.6 Å². The van der Waals surface area contributed by atoms with Crippen LogP contribution in [-0.4, -0.2) is 35.9 Å². The van der Waals surface area contributed by atoms with Crippen LogP contribution in [0.1, 0.15) is 99.9 Å². The number of fused-ring (bicyclic) bond motifs is 1. The van der Waals surface area contributed by atoms with Gasteiger partial charge in [-0.3, -0.25) is 4.99 Å². The highest BCUT2D eigenvalue weighted by molar-refractivity contribution is 6.00. The number of hydrogen-bond donors (Lipinski definition) is 0. The van der Waals surface area contributed by atoms with Crippen molar-refractivity contribution in [2.75, 3.05) is 20.1 Å². The molecule has 1 aliphatic carbocycles. The predicted molar refractivity (Wildman–Crippen MR) is 147 cm³/mol. The number of halogens is 1. The molecule has 0 bridgehead atoms. The third-order valence-corrected chi connectivity index (χ3v) is 6.68. The fourth-order valence-corrected chi connectivity index (χ4v) is 4.65. The first kappa shape index (κ1) is 28.5. The number of nitrogens with zero attached hydrogens (tertiary/aromatic N) is 3. The number of aliphatic imine (C=N–C) groups is 1. The zero-order chi connectivity index (χ0) is 26.0. The molecule has 2 aliphatic rings. The molecule has 1 aromatic carbocycles. The number of benzene rings is 1. The lowest BCUT2D eigenvalue weighted by atomic mass is 9.88. The first-order valence-corrected chi connectivity index (χ1v) is 13.1. The lowest BCUT2D eigenvalue weighted by Gasteiger charge is -2.33. The van der Waals surface area contributed by atoms with Gasteiger partial charge in [0.15, 0.2) is 5.76 Å². The summed E-state index contributed by atoms with van der Waals surface area (Å²) >= 11 is 0. The van der Waals surface area contributed by atoms with Crippen LogP contribution in [0.4, 0.5) is 4.39 Å². The average Bonchev–Trinajstić information content (AvgIpc) is 3.29. The van der Waals surface area contributed by atoms with Crippen molar-refractivity contribution in [3.63, 3.8) is 0 Å². The van der Waals surface area contributed by atoms with Gasteiger partial charge in [0.05, 0.1) is 5.69 Å². The second-order valence-corrected chi connectivity index (χ2v) is 9.22. The predicted octanol–water partition coefficient (Wildman–Crippen LogP) is 8.06. The minimum absolute atomic E-state index is 0.104. The summed E-state index contributed by atoms with van der Waals surface area (Å²) in [6.07, 6.45) is 7.15. The smallest absolute Gasteiger partial charge is 0.165 e. The minimum atomic E-state index is -0.104. The van der Waals surface area contributed by atoms with Crippen molar-refractivity contribution in [1.29, 1.82) is 0 Å². The molecule has 4 nitrogen and oxygen atoms in total. The van der Waals surface area contributed by atoms with E-state index in [4.69, 9.17) is 4.52 Å². The van der Waals surface area contributed by atoms with E-state index in [1.54, 1.807) is 0 Å². The van der Waals surface area contributed by atoms with Gasteiger partial charge in [-0.25, -0.2) is 4.39 Å². The summed E-state index contributed by atoms with van der Waals surface area (Å²) < 4.78 is 18.5. The number of allylic oxidation sites excluding steroid dienone is 2. The van der Waals surface area contributed by atoms with Gasteiger partial charge < -0.3 is 9.42 Å². The highest BCUT2D eigenvalue weighted by Crippen LogP contribution is 2.35. The lowest BCUT2D eigenvalue weighted by molar-refractivity contribution is 0.258. The van der Waals surface area contributed by atoms with Crippen LogP contribution in [-0.2, 0) is 12.8 Å². The van der Waals surface area contributed by atoms with Crippen molar-refractivity contribution < 1.29 is 8.91 Å². The third-order valence-electron chi connectivity index (χ3n) is 6.68. The Labute approximate surface area is 212 Å². The molecule has 192 valence electrons. The Balaban J connectivity index is 0.000000241. The molecule has 0 spiro atoms. The molecule has 2 aromatic rings. The molecule has 1 fully saturated rings. The molecular weight excluding hydrogens is 437 g/mol. The van der Waals surface area contributed by atoms with Gasteiger partial charge in [-0.2, -0.15) is 0 Å². The fraction of sp³-hybridized carbons (Fsp3) is 0.533. The Morgan fingerprint density at radius 2 is 1.89 bits per heavy atom. The number of hydrogen-bond acceptors (Lipinski definition) is 4. The van der Waals surface area contributed by atoms with Crippen molar-refractivity contribution in [1.82, 2.24) is 10.1 Å². The van der Waals surface area contributed by atoms with Gasteiger partial charge in [0.25, 0.3) is 0 Å². The normalized spacial score (nSPS) is 15.8. The number of likely N-dealkylation sites (tertiary alicyclic amines) is 1. The molecule has 35 heavy (non-hydrogen) atoms. The van der Waals surface area contributed by atoms with E-state index >= 15 is 0 Å². The van der Waals surface area contributed by atoms with Gasteiger partial charge >= 0.3 is 0 Å². The van der Waals surface area contributed by atoms with Crippen LogP contribution < -0.4 is 0 Å².